The number of hydrogen-bond acceptors (Lipinski definition) is 3. The van der Waals surface area contributed by atoms with Gasteiger partial charge in [-0.05, 0) is 50.8 Å². The summed E-state index contributed by atoms with van der Waals surface area (Å²) in [4.78, 5) is 16.0. The van der Waals surface area contributed by atoms with Crippen molar-refractivity contribution < 1.29 is 4.79 Å². The number of amides is 1. The van der Waals surface area contributed by atoms with Crippen molar-refractivity contribution in [1.29, 1.82) is 0 Å². The number of nitrogens with zero attached hydrogens (tertiary/aromatic N) is 3. The monoisotopic (exact) mass is 510 g/mol. The molecule has 3 N–H and O–H groups in total. The molecule has 0 atom stereocenters. The van der Waals surface area contributed by atoms with Crippen molar-refractivity contribution >= 4 is 35.8 Å². The number of halogens is 1. The minimum Gasteiger partial charge on any atom is -0.356 e. The Hall–Kier alpha value is -2.10. The van der Waals surface area contributed by atoms with Crippen LogP contribution in [0.4, 0.5) is 0 Å². The lowest BCUT2D eigenvalue weighted by Gasteiger charge is -2.15. The predicted octanol–water partition coefficient (Wildman–Crippen LogP) is 2.83. The molecule has 0 spiro atoms. The lowest BCUT2D eigenvalue weighted by molar-refractivity contribution is -0.121. The Morgan fingerprint density at radius 3 is 2.66 bits per heavy atom. The fourth-order valence-electron chi connectivity index (χ4n) is 3.12. The zero-order chi connectivity index (χ0) is 19.9. The van der Waals surface area contributed by atoms with Crippen LogP contribution in [0.25, 0.3) is 5.69 Å². The number of carbonyl (C=O) groups is 1. The molecule has 3 rings (SSSR count). The number of aliphatic imine (C=N–C) groups is 1. The Morgan fingerprint density at radius 2 is 2.00 bits per heavy atom. The smallest absolute Gasteiger partial charge is 0.220 e. The van der Waals surface area contributed by atoms with Gasteiger partial charge in [0.05, 0.1) is 11.4 Å². The summed E-state index contributed by atoms with van der Waals surface area (Å²) in [5.41, 5.74) is 4.31. The van der Waals surface area contributed by atoms with Gasteiger partial charge in [0.1, 0.15) is 0 Å². The molecule has 1 aromatic carbocycles. The van der Waals surface area contributed by atoms with Crippen LogP contribution in [0.2, 0.25) is 0 Å². The second-order valence-corrected chi connectivity index (χ2v) is 7.27. The predicted molar refractivity (Wildman–Crippen MR) is 127 cm³/mol. The van der Waals surface area contributed by atoms with Crippen LogP contribution in [0.5, 0.6) is 0 Å². The SMILES string of the molecule is CN=C(NCCCC(=O)NC1CC1)NCc1ccccc1-n1nc(C)cc1C.I. The summed E-state index contributed by atoms with van der Waals surface area (Å²) in [5, 5.41) is 14.2. The minimum absolute atomic E-state index is 0. The molecule has 158 valence electrons. The summed E-state index contributed by atoms with van der Waals surface area (Å²) in [7, 11) is 1.75. The van der Waals surface area contributed by atoms with Gasteiger partial charge >= 0.3 is 0 Å². The molecule has 0 saturated heterocycles. The molecule has 2 aromatic rings. The highest BCUT2D eigenvalue weighted by molar-refractivity contribution is 14.0. The van der Waals surface area contributed by atoms with Crippen LogP contribution >= 0.6 is 24.0 Å². The van der Waals surface area contributed by atoms with E-state index in [0.29, 0.717) is 25.6 Å². The molecule has 1 aromatic heterocycles. The Labute approximate surface area is 189 Å². The van der Waals surface area contributed by atoms with E-state index in [1.165, 1.54) is 0 Å². The van der Waals surface area contributed by atoms with Crippen LogP contribution < -0.4 is 16.0 Å². The number of carbonyl (C=O) groups excluding carboxylic acids is 1. The third kappa shape index (κ3) is 7.02. The first kappa shape index (κ1) is 23.2. The molecule has 1 amide bonds. The zero-order valence-corrected chi connectivity index (χ0v) is 19.7. The number of aromatic nitrogens is 2. The maximum Gasteiger partial charge on any atom is 0.220 e. The summed E-state index contributed by atoms with van der Waals surface area (Å²) in [6, 6.07) is 10.7. The van der Waals surface area contributed by atoms with Crippen molar-refractivity contribution in [3.63, 3.8) is 0 Å². The number of hydrogen-bond donors (Lipinski definition) is 3. The van der Waals surface area contributed by atoms with Crippen molar-refractivity contribution in [2.75, 3.05) is 13.6 Å². The molecule has 29 heavy (non-hydrogen) atoms. The molecule has 7 nitrogen and oxygen atoms in total. The standard InChI is InChI=1S/C21H30N6O.HI/c1-15-13-16(2)27(26-15)19-8-5-4-7-17(19)14-24-21(22-3)23-12-6-9-20(28)25-18-10-11-18;/h4-5,7-8,13,18H,6,9-12,14H2,1-3H3,(H,25,28)(H2,22,23,24);1H. The molecule has 0 unspecified atom stereocenters. The highest BCUT2D eigenvalue weighted by Gasteiger charge is 2.22. The molecule has 1 aliphatic rings. The fraction of sp³-hybridized carbons (Fsp3) is 0.476. The summed E-state index contributed by atoms with van der Waals surface area (Å²) >= 11 is 0. The molecule has 1 aliphatic carbocycles. The summed E-state index contributed by atoms with van der Waals surface area (Å²) in [5.74, 6) is 0.872. The van der Waals surface area contributed by atoms with E-state index in [-0.39, 0.29) is 29.9 Å². The van der Waals surface area contributed by atoms with E-state index in [4.69, 9.17) is 0 Å². The topological polar surface area (TPSA) is 83.3 Å². The van der Waals surface area contributed by atoms with Gasteiger partial charge in [0.2, 0.25) is 5.91 Å². The quantitative estimate of drug-likeness (QED) is 0.221. The Morgan fingerprint density at radius 1 is 1.24 bits per heavy atom. The van der Waals surface area contributed by atoms with Gasteiger partial charge in [-0.3, -0.25) is 9.79 Å². The van der Waals surface area contributed by atoms with Crippen molar-refractivity contribution in [2.45, 2.75) is 52.1 Å². The van der Waals surface area contributed by atoms with Gasteiger partial charge in [0, 0.05) is 38.3 Å². The lowest BCUT2D eigenvalue weighted by atomic mass is 10.1. The molecule has 0 bridgehead atoms. The molecular formula is C21H31IN6O. The number of rotatable bonds is 8. The third-order valence-electron chi connectivity index (χ3n) is 4.71. The normalized spacial score (nSPS) is 13.6. The molecule has 0 radical (unpaired) electrons. The molecule has 1 fully saturated rings. The van der Waals surface area contributed by atoms with E-state index >= 15 is 0 Å². The van der Waals surface area contributed by atoms with Gasteiger partial charge in [-0.1, -0.05) is 18.2 Å². The van der Waals surface area contributed by atoms with E-state index in [0.717, 1.165) is 47.9 Å². The highest BCUT2D eigenvalue weighted by atomic mass is 127. The van der Waals surface area contributed by atoms with Gasteiger partial charge in [-0.15, -0.1) is 24.0 Å². The Kier molecular flexibility index (Phi) is 8.94. The van der Waals surface area contributed by atoms with Gasteiger partial charge in [0.25, 0.3) is 0 Å². The van der Waals surface area contributed by atoms with Gasteiger partial charge in [-0.2, -0.15) is 5.10 Å². The van der Waals surface area contributed by atoms with E-state index in [1.807, 2.05) is 23.7 Å². The van der Waals surface area contributed by atoms with E-state index < -0.39 is 0 Å². The van der Waals surface area contributed by atoms with Crippen LogP contribution in [0.15, 0.2) is 35.3 Å². The minimum atomic E-state index is 0. The first-order chi connectivity index (χ1) is 13.6. The first-order valence-electron chi connectivity index (χ1n) is 9.92. The molecular weight excluding hydrogens is 479 g/mol. The van der Waals surface area contributed by atoms with Gasteiger partial charge in [-0.25, -0.2) is 4.68 Å². The largest absolute Gasteiger partial charge is 0.356 e. The maximum atomic E-state index is 11.7. The van der Waals surface area contributed by atoms with Gasteiger partial charge < -0.3 is 16.0 Å². The molecule has 1 heterocycles. The number of benzene rings is 1. The number of para-hydroxylation sites is 1. The summed E-state index contributed by atoms with van der Waals surface area (Å²) < 4.78 is 1.97. The van der Waals surface area contributed by atoms with Crippen molar-refractivity contribution in [1.82, 2.24) is 25.7 Å². The summed E-state index contributed by atoms with van der Waals surface area (Å²) in [6.45, 7) is 5.40. The number of aryl methyl sites for hydroxylation is 2. The third-order valence-corrected chi connectivity index (χ3v) is 4.71. The summed E-state index contributed by atoms with van der Waals surface area (Å²) in [6.07, 6.45) is 3.57. The second kappa shape index (κ2) is 11.2. The van der Waals surface area contributed by atoms with Gasteiger partial charge in [0.15, 0.2) is 5.96 Å². The molecule has 8 heteroatoms. The zero-order valence-electron chi connectivity index (χ0n) is 17.4. The average molecular weight is 510 g/mol. The van der Waals surface area contributed by atoms with Crippen LogP contribution in [-0.2, 0) is 11.3 Å². The van der Waals surface area contributed by atoms with Crippen LogP contribution in [-0.4, -0.2) is 41.3 Å². The van der Waals surface area contributed by atoms with Crippen molar-refractivity contribution in [3.8, 4) is 5.69 Å². The first-order valence-corrected chi connectivity index (χ1v) is 9.92. The fourth-order valence-corrected chi connectivity index (χ4v) is 3.12. The molecule has 0 aliphatic heterocycles. The van der Waals surface area contributed by atoms with Crippen LogP contribution in [0.1, 0.15) is 42.6 Å². The van der Waals surface area contributed by atoms with Crippen LogP contribution in [0.3, 0.4) is 0 Å². The van der Waals surface area contributed by atoms with Crippen molar-refractivity contribution in [3.05, 3.63) is 47.3 Å². The maximum absolute atomic E-state index is 11.7. The Balaban J connectivity index is 0.00000300. The second-order valence-electron chi connectivity index (χ2n) is 7.27. The Bertz CT molecular complexity index is 843. The van der Waals surface area contributed by atoms with E-state index in [2.05, 4.69) is 51.2 Å². The number of guanidine groups is 1. The molecule has 1 saturated carbocycles. The highest BCUT2D eigenvalue weighted by Crippen LogP contribution is 2.18. The average Bonchev–Trinajstić information content (AvgIpc) is 3.43. The van der Waals surface area contributed by atoms with E-state index in [1.54, 1.807) is 7.05 Å². The number of nitrogens with one attached hydrogen (secondary N) is 3. The van der Waals surface area contributed by atoms with E-state index in [9.17, 15) is 4.79 Å². The van der Waals surface area contributed by atoms with Crippen LogP contribution in [0, 0.1) is 13.8 Å². The lowest BCUT2D eigenvalue weighted by Crippen LogP contribution is -2.38. The van der Waals surface area contributed by atoms with Crippen molar-refractivity contribution in [2.24, 2.45) is 4.99 Å².